The molecule has 0 bridgehead atoms. The fraction of sp³-hybridized carbons (Fsp3) is 0.517. The summed E-state index contributed by atoms with van der Waals surface area (Å²) >= 11 is 0. The van der Waals surface area contributed by atoms with Crippen LogP contribution in [-0.2, 0) is 6.42 Å². The number of H-pyrrole nitrogens is 1. The van der Waals surface area contributed by atoms with Crippen LogP contribution in [0.3, 0.4) is 0 Å². The Bertz CT molecular complexity index is 1240. The summed E-state index contributed by atoms with van der Waals surface area (Å²) in [5, 5.41) is 4.16. The predicted octanol–water partition coefficient (Wildman–Crippen LogP) is 6.39. The lowest BCUT2D eigenvalue weighted by Gasteiger charge is -2.44. The van der Waals surface area contributed by atoms with Crippen LogP contribution in [0, 0.1) is 11.6 Å². The number of hydrogen-bond donors (Lipinski definition) is 2. The fourth-order valence-electron chi connectivity index (χ4n) is 5.88. The maximum Gasteiger partial charge on any atom is 0.135 e. The average Bonchev–Trinajstić information content (AvgIpc) is 3.16. The number of nitrogens with zero attached hydrogens (tertiary/aromatic N) is 1. The van der Waals surface area contributed by atoms with Crippen molar-refractivity contribution in [3.05, 3.63) is 64.9 Å². The van der Waals surface area contributed by atoms with Gasteiger partial charge in [-0.05, 0) is 58.1 Å². The number of aromatic nitrogens is 1. The van der Waals surface area contributed by atoms with Gasteiger partial charge in [-0.3, -0.25) is 9.29 Å². The number of aromatic amines is 1. The average molecular weight is 518 g/mol. The highest BCUT2D eigenvalue weighted by molar-refractivity contribution is 5.85. The van der Waals surface area contributed by atoms with Gasteiger partial charge in [-0.2, -0.15) is 0 Å². The number of unbranched alkanes of at least 4 members (excludes halogenated alkanes) is 1. The van der Waals surface area contributed by atoms with E-state index in [1.807, 2.05) is 36.1 Å². The lowest BCUT2D eigenvalue weighted by atomic mass is 9.87. The number of halogens is 4. The van der Waals surface area contributed by atoms with E-state index in [9.17, 15) is 8.78 Å². The lowest BCUT2D eigenvalue weighted by molar-refractivity contribution is 0.00536. The van der Waals surface area contributed by atoms with Gasteiger partial charge in [0.1, 0.15) is 28.7 Å². The first-order chi connectivity index (χ1) is 17.6. The highest BCUT2D eigenvalue weighted by Crippen LogP contribution is 2.44. The van der Waals surface area contributed by atoms with Gasteiger partial charge in [-0.15, -0.1) is 0 Å². The minimum atomic E-state index is -1.56. The van der Waals surface area contributed by atoms with Crippen molar-refractivity contribution in [3.63, 3.8) is 0 Å². The van der Waals surface area contributed by atoms with E-state index in [-0.39, 0.29) is 23.9 Å². The second-order valence-corrected chi connectivity index (χ2v) is 11.2. The van der Waals surface area contributed by atoms with E-state index in [2.05, 4.69) is 10.3 Å². The Balaban J connectivity index is 1.55. The molecule has 0 spiro atoms. The van der Waals surface area contributed by atoms with Crippen molar-refractivity contribution in [3.8, 4) is 5.75 Å². The van der Waals surface area contributed by atoms with Crippen molar-refractivity contribution in [2.45, 2.75) is 69.8 Å². The lowest BCUT2D eigenvalue weighted by Crippen LogP contribution is -2.63. The zero-order valence-electron chi connectivity index (χ0n) is 21.6. The van der Waals surface area contributed by atoms with Crippen LogP contribution in [0.4, 0.5) is 17.6 Å². The molecule has 1 fully saturated rings. The van der Waals surface area contributed by atoms with E-state index in [0.29, 0.717) is 44.5 Å². The third kappa shape index (κ3) is 5.10. The molecule has 0 radical (unpaired) electrons. The van der Waals surface area contributed by atoms with E-state index >= 15 is 8.78 Å². The zero-order chi connectivity index (χ0) is 26.4. The SMILES string of the molecule is C[C@@H]1Cc2c([nH]c3ccccc23)[C@@H](c2c(F)cc(OC3(CCCCF)CNC3)cc2F)N1CC(C)(C)F. The van der Waals surface area contributed by atoms with E-state index in [0.717, 1.165) is 16.5 Å². The summed E-state index contributed by atoms with van der Waals surface area (Å²) in [5.74, 6) is -1.35. The molecule has 1 aromatic heterocycles. The highest BCUT2D eigenvalue weighted by atomic mass is 19.1. The molecule has 2 aliphatic heterocycles. The monoisotopic (exact) mass is 517 g/mol. The number of para-hydroxylation sites is 1. The molecule has 0 unspecified atom stereocenters. The number of rotatable bonds is 9. The number of alkyl halides is 2. The molecule has 0 amide bonds. The van der Waals surface area contributed by atoms with E-state index < -0.39 is 35.6 Å². The second-order valence-electron chi connectivity index (χ2n) is 11.2. The Morgan fingerprint density at radius 1 is 1.11 bits per heavy atom. The fourth-order valence-corrected chi connectivity index (χ4v) is 5.88. The van der Waals surface area contributed by atoms with Crippen molar-refractivity contribution in [2.24, 2.45) is 0 Å². The maximum absolute atomic E-state index is 15.9. The molecule has 37 heavy (non-hydrogen) atoms. The minimum absolute atomic E-state index is 0.0219. The number of fused-ring (bicyclic) bond motifs is 3. The van der Waals surface area contributed by atoms with Crippen LogP contribution in [0.25, 0.3) is 10.9 Å². The molecule has 2 aromatic carbocycles. The van der Waals surface area contributed by atoms with Crippen molar-refractivity contribution >= 4 is 10.9 Å². The Hall–Kier alpha value is -2.58. The summed E-state index contributed by atoms with van der Waals surface area (Å²) in [6.07, 6.45) is 2.32. The van der Waals surface area contributed by atoms with Crippen LogP contribution in [0.15, 0.2) is 36.4 Å². The Labute approximate surface area is 215 Å². The van der Waals surface area contributed by atoms with Gasteiger partial charge >= 0.3 is 0 Å². The molecule has 1 saturated heterocycles. The largest absolute Gasteiger partial charge is 0.484 e. The summed E-state index contributed by atoms with van der Waals surface area (Å²) in [7, 11) is 0. The molecular weight excluding hydrogens is 482 g/mol. The van der Waals surface area contributed by atoms with Crippen LogP contribution in [0.5, 0.6) is 5.75 Å². The first-order valence-electron chi connectivity index (χ1n) is 13.1. The van der Waals surface area contributed by atoms with E-state index in [1.165, 1.54) is 26.0 Å². The minimum Gasteiger partial charge on any atom is -0.484 e. The smallest absolute Gasteiger partial charge is 0.135 e. The molecule has 0 saturated carbocycles. The maximum atomic E-state index is 15.9. The van der Waals surface area contributed by atoms with Gasteiger partial charge < -0.3 is 15.0 Å². The van der Waals surface area contributed by atoms with Crippen LogP contribution in [0.2, 0.25) is 0 Å². The first-order valence-corrected chi connectivity index (χ1v) is 13.1. The molecule has 5 rings (SSSR count). The van der Waals surface area contributed by atoms with Gasteiger partial charge in [0.2, 0.25) is 0 Å². The molecule has 2 aliphatic rings. The van der Waals surface area contributed by atoms with Gasteiger partial charge in [0.05, 0.1) is 12.7 Å². The summed E-state index contributed by atoms with van der Waals surface area (Å²) in [6.45, 7) is 5.65. The van der Waals surface area contributed by atoms with Crippen LogP contribution in [0.1, 0.15) is 62.9 Å². The van der Waals surface area contributed by atoms with Crippen molar-refractivity contribution < 1.29 is 22.3 Å². The van der Waals surface area contributed by atoms with E-state index in [1.54, 1.807) is 0 Å². The summed E-state index contributed by atoms with van der Waals surface area (Å²) in [5.41, 5.74) is 0.320. The topological polar surface area (TPSA) is 40.3 Å². The molecule has 3 aromatic rings. The zero-order valence-corrected chi connectivity index (χ0v) is 21.6. The highest BCUT2D eigenvalue weighted by Gasteiger charge is 2.42. The predicted molar refractivity (Wildman–Crippen MR) is 138 cm³/mol. The molecule has 2 atom stereocenters. The van der Waals surface area contributed by atoms with Crippen LogP contribution >= 0.6 is 0 Å². The number of ether oxygens (including phenoxy) is 1. The molecular formula is C29H35F4N3O. The standard InChI is InChI=1S/C29H35F4N3O/c1-18-12-21-20-8-4-5-9-24(20)35-26(21)27(36(18)17-28(2,3)33)25-22(31)13-19(14-23(25)32)37-29(15-34-16-29)10-6-7-11-30/h4-5,8-9,13-14,18,27,34-35H,6-7,10-12,15-17H2,1-3H3/t18-,27-/m1/s1. The van der Waals surface area contributed by atoms with Crippen molar-refractivity contribution in [1.29, 1.82) is 0 Å². The Kier molecular flexibility index (Phi) is 7.00. The third-order valence-electron chi connectivity index (χ3n) is 7.65. The molecule has 0 aliphatic carbocycles. The molecule has 3 heterocycles. The molecule has 8 heteroatoms. The van der Waals surface area contributed by atoms with Crippen LogP contribution in [-0.4, -0.2) is 53.5 Å². The molecule has 200 valence electrons. The number of hydrogen-bond acceptors (Lipinski definition) is 3. The van der Waals surface area contributed by atoms with Gasteiger partial charge in [0.15, 0.2) is 0 Å². The van der Waals surface area contributed by atoms with Crippen molar-refractivity contribution in [1.82, 2.24) is 15.2 Å². The van der Waals surface area contributed by atoms with Crippen LogP contribution < -0.4 is 10.1 Å². The van der Waals surface area contributed by atoms with E-state index in [4.69, 9.17) is 4.74 Å². The van der Waals surface area contributed by atoms with Gasteiger partial charge in [0.25, 0.3) is 0 Å². The molecule has 4 nitrogen and oxygen atoms in total. The number of benzene rings is 2. The second kappa shape index (κ2) is 9.95. The summed E-state index contributed by atoms with van der Waals surface area (Å²) in [4.78, 5) is 5.24. The number of nitrogens with one attached hydrogen (secondary N) is 2. The quantitative estimate of drug-likeness (QED) is 0.255. The molecule has 2 N–H and O–H groups in total. The third-order valence-corrected chi connectivity index (χ3v) is 7.65. The Morgan fingerprint density at radius 2 is 1.81 bits per heavy atom. The van der Waals surface area contributed by atoms with Crippen molar-refractivity contribution in [2.75, 3.05) is 26.3 Å². The first kappa shape index (κ1) is 26.0. The summed E-state index contributed by atoms with van der Waals surface area (Å²) < 4.78 is 65.4. The summed E-state index contributed by atoms with van der Waals surface area (Å²) in [6, 6.07) is 9.30. The van der Waals surface area contributed by atoms with Gasteiger partial charge in [0, 0.05) is 60.0 Å². The van der Waals surface area contributed by atoms with Gasteiger partial charge in [-0.25, -0.2) is 13.2 Å². The van der Waals surface area contributed by atoms with Gasteiger partial charge in [-0.1, -0.05) is 18.2 Å². The Morgan fingerprint density at radius 3 is 2.43 bits per heavy atom. The normalized spacial score (nSPS) is 21.6.